The van der Waals surface area contributed by atoms with Gasteiger partial charge in [0, 0.05) is 45.7 Å². The molecule has 0 saturated heterocycles. The van der Waals surface area contributed by atoms with Gasteiger partial charge in [0.2, 0.25) is 0 Å². The number of aliphatic hydroxyl groups is 4. The Kier molecular flexibility index (Phi) is 45.6. The Hall–Kier alpha value is -3.97. The lowest BCUT2D eigenvalue weighted by molar-refractivity contribution is -0.145. The molecule has 0 bridgehead atoms. The number of alkyl halides is 3. The molecule has 11 nitrogen and oxygen atoms in total. The van der Waals surface area contributed by atoms with Crippen molar-refractivity contribution in [2.45, 2.75) is 218 Å². The summed E-state index contributed by atoms with van der Waals surface area (Å²) in [5, 5.41) is 42.0. The number of rotatable bonds is 38. The second-order valence-corrected chi connectivity index (χ2v) is 18.4. The van der Waals surface area contributed by atoms with Gasteiger partial charge in [-0.3, -0.25) is 9.59 Å². The summed E-state index contributed by atoms with van der Waals surface area (Å²) in [6.07, 6.45) is 26.7. The van der Waals surface area contributed by atoms with Crippen LogP contribution in [-0.2, 0) is 36.4 Å². The molecule has 0 aliphatic heterocycles. The number of hydrogen-bond donors (Lipinski definition) is 5. The number of unbranched alkanes of at least 4 members (excludes halogenated alkanes) is 18. The molecule has 0 aliphatic carbocycles. The number of carbonyl (C=O) groups excluding carboxylic acids is 3. The highest BCUT2D eigenvalue weighted by Gasteiger charge is 2.30. The highest BCUT2D eigenvalue weighted by atomic mass is 35.5. The summed E-state index contributed by atoms with van der Waals surface area (Å²) in [6.45, 7) is 8.78. The van der Waals surface area contributed by atoms with Crippen LogP contribution in [-0.4, -0.2) is 95.2 Å². The van der Waals surface area contributed by atoms with Gasteiger partial charge in [0.15, 0.2) is 0 Å². The molecule has 0 aliphatic rings. The fourth-order valence-electron chi connectivity index (χ4n) is 7.58. The van der Waals surface area contributed by atoms with E-state index in [2.05, 4.69) is 17.8 Å². The molecule has 0 fully saturated rings. The maximum Gasteiger partial charge on any atom is 0.416 e. The zero-order valence-corrected chi connectivity index (χ0v) is 44.5. The fraction of sp³-hybridized carbons (Fsp3) is 0.667. The van der Waals surface area contributed by atoms with Gasteiger partial charge in [-0.05, 0) is 69.2 Å². The third-order valence-corrected chi connectivity index (χ3v) is 11.5. The lowest BCUT2D eigenvalue weighted by atomic mass is 10.0. The Morgan fingerprint density at radius 1 is 0.667 bits per heavy atom. The molecular weight excluding hydrogens is 951 g/mol. The first-order valence-corrected chi connectivity index (χ1v) is 26.1. The molecule has 5 atom stereocenters. The molecule has 0 saturated carbocycles. The molecule has 72 heavy (non-hydrogen) atoms. The summed E-state index contributed by atoms with van der Waals surface area (Å²) in [4.78, 5) is 33.0. The average Bonchev–Trinajstić information content (AvgIpc) is 3.33. The van der Waals surface area contributed by atoms with E-state index in [1.54, 1.807) is 30.3 Å². The maximum atomic E-state index is 12.7. The molecule has 2 aromatic rings. The van der Waals surface area contributed by atoms with Gasteiger partial charge in [-0.15, -0.1) is 31.3 Å². The van der Waals surface area contributed by atoms with E-state index in [4.69, 9.17) is 20.6 Å². The molecule has 2 rings (SSSR count). The molecule has 0 aromatic heterocycles. The topological polar surface area (TPSA) is 172 Å². The van der Waals surface area contributed by atoms with Gasteiger partial charge in [-0.2, -0.15) is 13.2 Å². The van der Waals surface area contributed by atoms with Crippen molar-refractivity contribution in [2.24, 2.45) is 0 Å². The van der Waals surface area contributed by atoms with Crippen molar-refractivity contribution < 1.29 is 62.2 Å². The van der Waals surface area contributed by atoms with Crippen LogP contribution < -0.4 is 5.32 Å². The molecule has 5 N–H and O–H groups in total. The van der Waals surface area contributed by atoms with Crippen LogP contribution in [0.5, 0.6) is 0 Å². The average molecular weight is 1040 g/mol. The van der Waals surface area contributed by atoms with Crippen molar-refractivity contribution in [2.75, 3.05) is 26.4 Å². The Morgan fingerprint density at radius 2 is 1.12 bits per heavy atom. The van der Waals surface area contributed by atoms with Gasteiger partial charge >= 0.3 is 24.1 Å². The van der Waals surface area contributed by atoms with E-state index in [-0.39, 0.29) is 51.1 Å². The van der Waals surface area contributed by atoms with E-state index in [0.717, 1.165) is 57.1 Å². The van der Waals surface area contributed by atoms with E-state index >= 15 is 0 Å². The largest absolute Gasteiger partial charge is 0.463 e. The third kappa shape index (κ3) is 44.7. The quantitative estimate of drug-likeness (QED) is 0.0142. The number of ether oxygens (including phenoxy) is 3. The number of aliphatic hydroxyl groups excluding tert-OH is 4. The first kappa shape index (κ1) is 70.1. The molecule has 0 heterocycles. The molecule has 0 spiro atoms. The van der Waals surface area contributed by atoms with Crippen LogP contribution in [0, 0.1) is 12.3 Å². The Labute approximate surface area is 436 Å². The van der Waals surface area contributed by atoms with Crippen LogP contribution in [0.1, 0.15) is 196 Å². The summed E-state index contributed by atoms with van der Waals surface area (Å²) in [7, 11) is 0. The van der Waals surface area contributed by atoms with Crippen LogP contribution in [0.15, 0.2) is 67.3 Å². The van der Waals surface area contributed by atoms with Gasteiger partial charge in [-0.25, -0.2) is 4.79 Å². The summed E-state index contributed by atoms with van der Waals surface area (Å²) in [5.74, 6) is 1.46. The van der Waals surface area contributed by atoms with Gasteiger partial charge < -0.3 is 40.0 Å². The smallest absolute Gasteiger partial charge is 0.416 e. The number of benzene rings is 2. The highest BCUT2D eigenvalue weighted by molar-refractivity contribution is 5.89. The van der Waals surface area contributed by atoms with Crippen molar-refractivity contribution in [1.82, 2.24) is 5.32 Å². The van der Waals surface area contributed by atoms with Crippen molar-refractivity contribution in [3.63, 3.8) is 0 Å². The lowest BCUT2D eigenvalue weighted by Gasteiger charge is -2.15. The molecule has 15 heteroatoms. The zero-order valence-electron chi connectivity index (χ0n) is 43.7. The minimum absolute atomic E-state index is 0. The van der Waals surface area contributed by atoms with E-state index in [1.807, 2.05) is 19.1 Å². The summed E-state index contributed by atoms with van der Waals surface area (Å²) >= 11 is 0. The van der Waals surface area contributed by atoms with Gasteiger partial charge in [-0.1, -0.05) is 145 Å². The highest BCUT2D eigenvalue weighted by Crippen LogP contribution is 2.29. The van der Waals surface area contributed by atoms with Gasteiger partial charge in [0.05, 0.1) is 35.5 Å². The van der Waals surface area contributed by atoms with E-state index in [1.165, 1.54) is 103 Å². The Bertz CT molecular complexity index is 1680. The SMILES string of the molecule is C#CCCCCCCCCCCCC(O)CC(O)COC(C)=O.C=CCCCCCCCCCCCC(O)CC(O)COC(C)=O.CC(Cc1cccc(C(F)(F)F)c1)NCCOC(=O)c1ccccc1.Cl. The number of hydrogen-bond acceptors (Lipinski definition) is 11. The van der Waals surface area contributed by atoms with Crippen LogP contribution >= 0.6 is 12.4 Å². The Morgan fingerprint density at radius 3 is 1.57 bits per heavy atom. The van der Waals surface area contributed by atoms with Crippen molar-refractivity contribution in [3.05, 3.63) is 83.9 Å². The number of allylic oxidation sites excluding steroid dienone is 1. The number of esters is 3. The third-order valence-electron chi connectivity index (χ3n) is 11.5. The summed E-state index contributed by atoms with van der Waals surface area (Å²) in [6, 6.07) is 13.9. The summed E-state index contributed by atoms with van der Waals surface area (Å²) in [5.41, 5.74) is 0.449. The van der Waals surface area contributed by atoms with E-state index < -0.39 is 54.1 Å². The lowest BCUT2D eigenvalue weighted by Crippen LogP contribution is -2.31. The first-order valence-electron chi connectivity index (χ1n) is 26.1. The summed E-state index contributed by atoms with van der Waals surface area (Å²) < 4.78 is 52.7. The fourth-order valence-corrected chi connectivity index (χ4v) is 7.58. The molecule has 412 valence electrons. The molecule has 0 amide bonds. The predicted molar refractivity (Wildman–Crippen MR) is 284 cm³/mol. The van der Waals surface area contributed by atoms with Crippen LogP contribution in [0.3, 0.4) is 0 Å². The number of carbonyl (C=O) groups is 3. The predicted octanol–water partition coefficient (Wildman–Crippen LogP) is 12.2. The van der Waals surface area contributed by atoms with Gasteiger partial charge in [0.1, 0.15) is 19.8 Å². The minimum atomic E-state index is -4.34. The van der Waals surface area contributed by atoms with Crippen LogP contribution in [0.2, 0.25) is 0 Å². The maximum absolute atomic E-state index is 12.7. The second kappa shape index (κ2) is 46.8. The number of halogens is 4. The monoisotopic (exact) mass is 1040 g/mol. The molecule has 0 radical (unpaired) electrons. The van der Waals surface area contributed by atoms with Crippen LogP contribution in [0.25, 0.3) is 0 Å². The van der Waals surface area contributed by atoms with Crippen molar-refractivity contribution in [1.29, 1.82) is 0 Å². The Balaban J connectivity index is 0. The zero-order chi connectivity index (χ0) is 53.0. The van der Waals surface area contributed by atoms with Crippen molar-refractivity contribution >= 4 is 30.3 Å². The van der Waals surface area contributed by atoms with Gasteiger partial charge in [0.25, 0.3) is 0 Å². The number of terminal acetylenes is 1. The number of nitrogens with one attached hydrogen (secondary N) is 1. The van der Waals surface area contributed by atoms with E-state index in [9.17, 15) is 48.0 Å². The molecule has 2 aromatic carbocycles. The second-order valence-electron chi connectivity index (χ2n) is 18.4. The van der Waals surface area contributed by atoms with Crippen LogP contribution in [0.4, 0.5) is 13.2 Å². The first-order chi connectivity index (χ1) is 34.0. The van der Waals surface area contributed by atoms with Crippen molar-refractivity contribution in [3.8, 4) is 12.3 Å². The minimum Gasteiger partial charge on any atom is -0.463 e. The standard InChI is InChI=1S/C19H20F3NO2.C19H36O4.C19H34O4.ClH/c1-14(12-15-6-5-9-17(13-15)19(20,21)22)23-10-11-25-18(24)16-7-3-2-4-8-16;2*1-3-4-5-6-7-8-9-10-11-12-13-14-18(21)15-19(22)16-23-17(2)20;/h2-9,13-14,23H,10-12H2,1H3;3,18-19,21-22H,1,4-16H2,2H3;1,18-19,21-22H,4-16H2,2H3;1H. The normalized spacial score (nSPS) is 13.0. The van der Waals surface area contributed by atoms with E-state index in [0.29, 0.717) is 36.9 Å². The molecular formula is C57H91ClF3NO10. The molecule has 5 unspecified atom stereocenters.